The molecule has 6 rings (SSSR count). The Hall–Kier alpha value is -3.84. The summed E-state index contributed by atoms with van der Waals surface area (Å²) in [5.41, 5.74) is 5.27. The summed E-state index contributed by atoms with van der Waals surface area (Å²) >= 11 is 6.04. The van der Waals surface area contributed by atoms with Crippen LogP contribution in [0.5, 0.6) is 5.75 Å². The minimum absolute atomic E-state index is 0.263. The molecule has 1 aliphatic carbocycles. The second-order valence-corrected chi connectivity index (χ2v) is 8.72. The first-order valence-corrected chi connectivity index (χ1v) is 11.7. The lowest BCUT2D eigenvalue weighted by Gasteiger charge is -2.16. The van der Waals surface area contributed by atoms with E-state index >= 15 is 0 Å². The second kappa shape index (κ2) is 8.83. The highest BCUT2D eigenvalue weighted by Gasteiger charge is 2.29. The summed E-state index contributed by atoms with van der Waals surface area (Å²) in [6, 6.07) is 16.5. The number of anilines is 3. The first-order valence-electron chi connectivity index (χ1n) is 11.3. The molecular formula is C26H23ClN6O. The summed E-state index contributed by atoms with van der Waals surface area (Å²) < 4.78 is 7.93. The Morgan fingerprint density at radius 2 is 1.97 bits per heavy atom. The Labute approximate surface area is 202 Å². The standard InChI is InChI=1S/C26H23ClN6O/c27-23-15-33(16-29-23)21-11-8-18-14-22(21)34-13-5-4-12-28-25-20-10-9-19(17-6-2-1-3-7-17)24(20)31-26(30-18)32-25/h1-8,11,14-16,19H,9-10,12-13H2,(H2,28,30,31,32). The molecule has 0 saturated carbocycles. The summed E-state index contributed by atoms with van der Waals surface area (Å²) in [5, 5.41) is 7.30. The summed E-state index contributed by atoms with van der Waals surface area (Å²) in [4.78, 5) is 13.9. The number of imidazole rings is 1. The van der Waals surface area contributed by atoms with E-state index in [1.54, 1.807) is 12.5 Å². The molecule has 2 N–H and O–H groups in total. The zero-order valence-corrected chi connectivity index (χ0v) is 19.2. The van der Waals surface area contributed by atoms with Crippen LogP contribution in [0.1, 0.15) is 29.2 Å². The molecule has 1 atom stereocenters. The van der Waals surface area contributed by atoms with Crippen molar-refractivity contribution in [2.45, 2.75) is 18.8 Å². The maximum Gasteiger partial charge on any atom is 0.229 e. The van der Waals surface area contributed by atoms with Gasteiger partial charge >= 0.3 is 0 Å². The van der Waals surface area contributed by atoms with Crippen LogP contribution in [0.25, 0.3) is 5.69 Å². The van der Waals surface area contributed by atoms with Crippen LogP contribution in [-0.4, -0.2) is 32.7 Å². The van der Waals surface area contributed by atoms with Crippen LogP contribution in [0.15, 0.2) is 73.2 Å². The van der Waals surface area contributed by atoms with Crippen LogP contribution in [-0.2, 0) is 6.42 Å². The maximum atomic E-state index is 6.08. The van der Waals surface area contributed by atoms with E-state index in [2.05, 4.69) is 46.0 Å². The maximum absolute atomic E-state index is 6.08. The molecule has 1 unspecified atom stereocenters. The number of fused-ring (bicyclic) bond motifs is 6. The fraction of sp³-hybridized carbons (Fsp3) is 0.192. The third-order valence-electron chi connectivity index (χ3n) is 6.19. The first-order chi connectivity index (χ1) is 16.7. The molecule has 7 nitrogen and oxygen atoms in total. The van der Waals surface area contributed by atoms with E-state index in [4.69, 9.17) is 26.3 Å². The lowest BCUT2D eigenvalue weighted by atomic mass is 9.97. The van der Waals surface area contributed by atoms with Crippen molar-refractivity contribution in [1.82, 2.24) is 19.5 Å². The van der Waals surface area contributed by atoms with Gasteiger partial charge in [0.15, 0.2) is 0 Å². The van der Waals surface area contributed by atoms with Gasteiger partial charge in [0.1, 0.15) is 29.7 Å². The summed E-state index contributed by atoms with van der Waals surface area (Å²) in [6.07, 6.45) is 9.47. The Morgan fingerprint density at radius 1 is 1.06 bits per heavy atom. The molecule has 0 fully saturated rings. The molecule has 8 heteroatoms. The number of hydrogen-bond acceptors (Lipinski definition) is 6. The largest absolute Gasteiger partial charge is 0.487 e. The molecule has 2 aromatic heterocycles. The second-order valence-electron chi connectivity index (χ2n) is 8.34. The molecule has 170 valence electrons. The van der Waals surface area contributed by atoms with Crippen molar-refractivity contribution in [3.8, 4) is 11.4 Å². The van der Waals surface area contributed by atoms with E-state index in [1.165, 1.54) is 11.1 Å². The molecule has 4 aromatic rings. The Balaban J connectivity index is 1.41. The topological polar surface area (TPSA) is 76.9 Å². The highest BCUT2D eigenvalue weighted by Crippen LogP contribution is 2.40. The Morgan fingerprint density at radius 3 is 2.82 bits per heavy atom. The molecule has 0 radical (unpaired) electrons. The number of nitrogens with one attached hydrogen (secondary N) is 2. The average Bonchev–Trinajstić information content (AvgIpc) is 3.48. The van der Waals surface area contributed by atoms with Gasteiger partial charge in [-0.15, -0.1) is 0 Å². The molecule has 2 aliphatic rings. The van der Waals surface area contributed by atoms with Gasteiger partial charge in [0.05, 0.1) is 11.4 Å². The number of halogens is 1. The molecular weight excluding hydrogens is 448 g/mol. The summed E-state index contributed by atoms with van der Waals surface area (Å²) in [5.74, 6) is 2.43. The van der Waals surface area contributed by atoms with Crippen LogP contribution in [0.3, 0.4) is 0 Å². The van der Waals surface area contributed by atoms with Crippen molar-refractivity contribution >= 4 is 29.1 Å². The normalized spacial score (nSPS) is 16.8. The van der Waals surface area contributed by atoms with Crippen LogP contribution in [0.2, 0.25) is 5.15 Å². The number of benzene rings is 2. The fourth-order valence-corrected chi connectivity index (χ4v) is 4.75. The summed E-state index contributed by atoms with van der Waals surface area (Å²) in [7, 11) is 0. The minimum Gasteiger partial charge on any atom is -0.487 e. The van der Waals surface area contributed by atoms with Gasteiger partial charge in [-0.2, -0.15) is 4.98 Å². The van der Waals surface area contributed by atoms with E-state index in [1.807, 2.05) is 34.9 Å². The van der Waals surface area contributed by atoms with Crippen molar-refractivity contribution in [2.24, 2.45) is 0 Å². The number of hydrogen-bond donors (Lipinski definition) is 2. The first kappa shape index (κ1) is 20.7. The minimum atomic E-state index is 0.263. The van der Waals surface area contributed by atoms with Gasteiger partial charge in [-0.3, -0.25) is 0 Å². The predicted molar refractivity (Wildman–Crippen MR) is 134 cm³/mol. The van der Waals surface area contributed by atoms with Crippen molar-refractivity contribution < 1.29 is 4.74 Å². The highest BCUT2D eigenvalue weighted by molar-refractivity contribution is 6.29. The molecule has 3 heterocycles. The molecule has 4 bridgehead atoms. The zero-order chi connectivity index (χ0) is 22.9. The van der Waals surface area contributed by atoms with Crippen molar-refractivity contribution in [3.05, 3.63) is 95.2 Å². The smallest absolute Gasteiger partial charge is 0.229 e. The third kappa shape index (κ3) is 3.99. The van der Waals surface area contributed by atoms with E-state index in [-0.39, 0.29) is 5.92 Å². The van der Waals surface area contributed by atoms with Gasteiger partial charge < -0.3 is 19.9 Å². The van der Waals surface area contributed by atoms with Gasteiger partial charge in [0.2, 0.25) is 5.95 Å². The van der Waals surface area contributed by atoms with E-state index in [9.17, 15) is 0 Å². The van der Waals surface area contributed by atoms with Crippen molar-refractivity contribution in [1.29, 1.82) is 0 Å². The van der Waals surface area contributed by atoms with Crippen LogP contribution in [0.4, 0.5) is 17.5 Å². The van der Waals surface area contributed by atoms with Gasteiger partial charge in [-0.25, -0.2) is 9.97 Å². The number of rotatable bonds is 2. The van der Waals surface area contributed by atoms with Crippen molar-refractivity contribution in [3.63, 3.8) is 0 Å². The number of aromatic nitrogens is 4. The van der Waals surface area contributed by atoms with Crippen LogP contribution in [0, 0.1) is 0 Å². The highest BCUT2D eigenvalue weighted by atomic mass is 35.5. The molecule has 0 spiro atoms. The van der Waals surface area contributed by atoms with Gasteiger partial charge in [-0.05, 0) is 36.6 Å². The molecule has 0 saturated heterocycles. The van der Waals surface area contributed by atoms with Gasteiger partial charge in [0, 0.05) is 36.0 Å². The fourth-order valence-electron chi connectivity index (χ4n) is 4.60. The van der Waals surface area contributed by atoms with Gasteiger partial charge in [-0.1, -0.05) is 48.0 Å². The van der Waals surface area contributed by atoms with Crippen molar-refractivity contribution in [2.75, 3.05) is 23.8 Å². The summed E-state index contributed by atoms with van der Waals surface area (Å²) in [6.45, 7) is 1.10. The quantitative estimate of drug-likeness (QED) is 0.377. The monoisotopic (exact) mass is 470 g/mol. The van der Waals surface area contributed by atoms with E-state index in [0.29, 0.717) is 30.0 Å². The zero-order valence-electron chi connectivity index (χ0n) is 18.4. The molecule has 0 amide bonds. The number of nitrogens with zero attached hydrogens (tertiary/aromatic N) is 4. The Bertz CT molecular complexity index is 1370. The lowest BCUT2D eigenvalue weighted by molar-refractivity contribution is 0.361. The van der Waals surface area contributed by atoms with Crippen LogP contribution >= 0.6 is 11.6 Å². The molecule has 2 aromatic carbocycles. The lowest BCUT2D eigenvalue weighted by Crippen LogP contribution is -2.10. The Kier molecular flexibility index (Phi) is 5.39. The third-order valence-corrected chi connectivity index (χ3v) is 6.38. The predicted octanol–water partition coefficient (Wildman–Crippen LogP) is 5.50. The number of ether oxygens (including phenoxy) is 1. The van der Waals surface area contributed by atoms with E-state index in [0.717, 1.165) is 35.7 Å². The average molecular weight is 471 g/mol. The van der Waals surface area contributed by atoms with Crippen LogP contribution < -0.4 is 15.4 Å². The SMILES string of the molecule is Clc1cn(-c2ccc3cc2OCC=CCNc2nc(nc4c2CCC4c2ccccc2)N3)cn1. The van der Waals surface area contributed by atoms with E-state index < -0.39 is 0 Å². The van der Waals surface area contributed by atoms with Gasteiger partial charge in [0.25, 0.3) is 0 Å². The molecule has 34 heavy (non-hydrogen) atoms. The molecule has 1 aliphatic heterocycles.